The Morgan fingerprint density at radius 1 is 1.15 bits per heavy atom. The molecule has 2 rings (SSSR count). The van der Waals surface area contributed by atoms with Crippen molar-refractivity contribution in [1.29, 1.82) is 0 Å². The van der Waals surface area contributed by atoms with E-state index in [0.717, 1.165) is 28.2 Å². The molecule has 0 fully saturated rings. The molecular weight excluding hydrogens is 272 g/mol. The van der Waals surface area contributed by atoms with E-state index in [-0.39, 0.29) is 10.6 Å². The highest BCUT2D eigenvalue weighted by molar-refractivity contribution is 7.99. The molecule has 0 aromatic heterocycles. The van der Waals surface area contributed by atoms with E-state index in [9.17, 15) is 10.1 Å². The van der Waals surface area contributed by atoms with Gasteiger partial charge in [0, 0.05) is 21.9 Å². The van der Waals surface area contributed by atoms with E-state index in [1.807, 2.05) is 36.4 Å². The first-order chi connectivity index (χ1) is 9.70. The van der Waals surface area contributed by atoms with Crippen molar-refractivity contribution in [2.75, 3.05) is 6.54 Å². The SMILES string of the molecule is NCCCc1cc([N+](=O)[O-])ccc1Sc1ccccc1. The Bertz CT molecular complexity index is 588. The summed E-state index contributed by atoms with van der Waals surface area (Å²) in [5, 5.41) is 10.9. The van der Waals surface area contributed by atoms with Crippen molar-refractivity contribution < 1.29 is 4.92 Å². The number of hydrogen-bond acceptors (Lipinski definition) is 4. The molecule has 0 radical (unpaired) electrons. The average Bonchev–Trinajstić information content (AvgIpc) is 2.47. The topological polar surface area (TPSA) is 69.2 Å². The van der Waals surface area contributed by atoms with Crippen molar-refractivity contribution in [2.24, 2.45) is 5.73 Å². The van der Waals surface area contributed by atoms with Crippen LogP contribution in [-0.2, 0) is 6.42 Å². The van der Waals surface area contributed by atoms with Gasteiger partial charge in [-0.3, -0.25) is 10.1 Å². The quantitative estimate of drug-likeness (QED) is 0.651. The number of non-ortho nitro benzene ring substituents is 1. The first-order valence-electron chi connectivity index (χ1n) is 6.41. The monoisotopic (exact) mass is 288 g/mol. The molecule has 20 heavy (non-hydrogen) atoms. The minimum absolute atomic E-state index is 0.134. The second-order valence-electron chi connectivity index (χ2n) is 4.36. The number of benzene rings is 2. The van der Waals surface area contributed by atoms with Crippen LogP contribution in [-0.4, -0.2) is 11.5 Å². The summed E-state index contributed by atoms with van der Waals surface area (Å²) in [7, 11) is 0. The van der Waals surface area contributed by atoms with E-state index in [1.165, 1.54) is 0 Å². The van der Waals surface area contributed by atoms with Crippen LogP contribution in [0.15, 0.2) is 58.3 Å². The van der Waals surface area contributed by atoms with Gasteiger partial charge < -0.3 is 5.73 Å². The van der Waals surface area contributed by atoms with Crippen LogP contribution in [0.1, 0.15) is 12.0 Å². The molecule has 0 saturated heterocycles. The first-order valence-corrected chi connectivity index (χ1v) is 7.22. The normalized spacial score (nSPS) is 10.4. The first kappa shape index (κ1) is 14.6. The van der Waals surface area contributed by atoms with E-state index in [0.29, 0.717) is 6.54 Å². The van der Waals surface area contributed by atoms with Crippen molar-refractivity contribution in [3.63, 3.8) is 0 Å². The van der Waals surface area contributed by atoms with Crippen LogP contribution >= 0.6 is 11.8 Å². The standard InChI is InChI=1S/C15H16N2O2S/c16-10-4-5-12-11-13(17(18)19)8-9-15(12)20-14-6-2-1-3-7-14/h1-3,6-9,11H,4-5,10,16H2. The molecule has 0 aliphatic heterocycles. The smallest absolute Gasteiger partial charge is 0.269 e. The molecule has 0 bridgehead atoms. The summed E-state index contributed by atoms with van der Waals surface area (Å²) in [5.41, 5.74) is 6.65. The summed E-state index contributed by atoms with van der Waals surface area (Å²) < 4.78 is 0. The summed E-state index contributed by atoms with van der Waals surface area (Å²) in [4.78, 5) is 12.7. The largest absolute Gasteiger partial charge is 0.330 e. The lowest BCUT2D eigenvalue weighted by molar-refractivity contribution is -0.385. The third-order valence-electron chi connectivity index (χ3n) is 2.88. The van der Waals surface area contributed by atoms with Crippen LogP contribution in [0.5, 0.6) is 0 Å². The van der Waals surface area contributed by atoms with Gasteiger partial charge in [-0.15, -0.1) is 0 Å². The highest BCUT2D eigenvalue weighted by Gasteiger charge is 2.11. The second kappa shape index (κ2) is 7.07. The molecule has 0 aliphatic rings. The molecule has 2 aromatic carbocycles. The van der Waals surface area contributed by atoms with Crippen molar-refractivity contribution in [1.82, 2.24) is 0 Å². The lowest BCUT2D eigenvalue weighted by Crippen LogP contribution is -2.01. The zero-order valence-corrected chi connectivity index (χ0v) is 11.8. The van der Waals surface area contributed by atoms with E-state index < -0.39 is 0 Å². The third kappa shape index (κ3) is 3.82. The molecule has 2 N–H and O–H groups in total. The van der Waals surface area contributed by atoms with Crippen LogP contribution in [0.3, 0.4) is 0 Å². The van der Waals surface area contributed by atoms with Gasteiger partial charge in [0.05, 0.1) is 4.92 Å². The predicted molar refractivity (Wildman–Crippen MR) is 81.0 cm³/mol. The second-order valence-corrected chi connectivity index (χ2v) is 5.47. The minimum Gasteiger partial charge on any atom is -0.330 e. The molecule has 0 saturated carbocycles. The molecule has 0 amide bonds. The zero-order valence-electron chi connectivity index (χ0n) is 11.0. The fourth-order valence-electron chi connectivity index (χ4n) is 1.88. The van der Waals surface area contributed by atoms with Gasteiger partial charge in [-0.25, -0.2) is 0 Å². The van der Waals surface area contributed by atoms with Crippen molar-refractivity contribution in [2.45, 2.75) is 22.6 Å². The maximum absolute atomic E-state index is 10.9. The van der Waals surface area contributed by atoms with Crippen LogP contribution in [0.25, 0.3) is 0 Å². The third-order valence-corrected chi connectivity index (χ3v) is 4.00. The number of rotatable bonds is 6. The van der Waals surface area contributed by atoms with Crippen LogP contribution in [0.4, 0.5) is 5.69 Å². The van der Waals surface area contributed by atoms with Crippen LogP contribution in [0, 0.1) is 10.1 Å². The summed E-state index contributed by atoms with van der Waals surface area (Å²) >= 11 is 1.62. The van der Waals surface area contributed by atoms with Gasteiger partial charge in [-0.05, 0) is 43.1 Å². The molecule has 0 aliphatic carbocycles. The average molecular weight is 288 g/mol. The molecule has 0 atom stereocenters. The molecule has 0 heterocycles. The molecule has 104 valence electrons. The zero-order chi connectivity index (χ0) is 14.4. The van der Waals surface area contributed by atoms with E-state index in [1.54, 1.807) is 23.9 Å². The highest BCUT2D eigenvalue weighted by atomic mass is 32.2. The molecule has 0 unspecified atom stereocenters. The Hall–Kier alpha value is -1.85. The molecule has 2 aromatic rings. The van der Waals surface area contributed by atoms with Crippen LogP contribution < -0.4 is 5.73 Å². The van der Waals surface area contributed by atoms with Gasteiger partial charge in [0.25, 0.3) is 5.69 Å². The summed E-state index contributed by atoms with van der Waals surface area (Å²) in [6, 6.07) is 15.0. The Kier molecular flexibility index (Phi) is 5.15. The van der Waals surface area contributed by atoms with Gasteiger partial charge in [-0.1, -0.05) is 30.0 Å². The van der Waals surface area contributed by atoms with Gasteiger partial charge in [-0.2, -0.15) is 0 Å². The van der Waals surface area contributed by atoms with Gasteiger partial charge in [0.1, 0.15) is 0 Å². The molecule has 0 spiro atoms. The fraction of sp³-hybridized carbons (Fsp3) is 0.200. The number of nitrogens with two attached hydrogens (primary N) is 1. The summed E-state index contributed by atoms with van der Waals surface area (Å²) in [6.07, 6.45) is 1.58. The maximum Gasteiger partial charge on any atom is 0.269 e. The minimum atomic E-state index is -0.358. The molecule has 4 nitrogen and oxygen atoms in total. The Labute approximate surface area is 122 Å². The number of nitrogens with zero attached hydrogens (tertiary/aromatic N) is 1. The summed E-state index contributed by atoms with van der Waals surface area (Å²) in [6.45, 7) is 0.581. The Morgan fingerprint density at radius 3 is 2.55 bits per heavy atom. The fourth-order valence-corrected chi connectivity index (χ4v) is 2.86. The number of hydrogen-bond donors (Lipinski definition) is 1. The van der Waals surface area contributed by atoms with Gasteiger partial charge in [0.15, 0.2) is 0 Å². The number of nitro groups is 1. The van der Waals surface area contributed by atoms with E-state index in [2.05, 4.69) is 0 Å². The van der Waals surface area contributed by atoms with Gasteiger partial charge >= 0.3 is 0 Å². The molecular formula is C15H16N2O2S. The molecule has 5 heteroatoms. The summed E-state index contributed by atoms with van der Waals surface area (Å²) in [5.74, 6) is 0. The van der Waals surface area contributed by atoms with Crippen molar-refractivity contribution in [3.05, 3.63) is 64.2 Å². The highest BCUT2D eigenvalue weighted by Crippen LogP contribution is 2.33. The lowest BCUT2D eigenvalue weighted by Gasteiger charge is -2.09. The van der Waals surface area contributed by atoms with E-state index in [4.69, 9.17) is 5.73 Å². The number of aryl methyl sites for hydroxylation is 1. The lowest BCUT2D eigenvalue weighted by atomic mass is 10.1. The Morgan fingerprint density at radius 2 is 1.90 bits per heavy atom. The Balaban J connectivity index is 2.28. The van der Waals surface area contributed by atoms with Crippen LogP contribution in [0.2, 0.25) is 0 Å². The number of nitro benzene ring substituents is 1. The van der Waals surface area contributed by atoms with Crippen molar-refractivity contribution in [3.8, 4) is 0 Å². The maximum atomic E-state index is 10.9. The van der Waals surface area contributed by atoms with Crippen molar-refractivity contribution >= 4 is 17.4 Å². The van der Waals surface area contributed by atoms with Gasteiger partial charge in [0.2, 0.25) is 0 Å². The van der Waals surface area contributed by atoms with E-state index >= 15 is 0 Å². The predicted octanol–water partition coefficient (Wildman–Crippen LogP) is 3.64.